The van der Waals surface area contributed by atoms with Crippen LogP contribution in [0.1, 0.15) is 44.1 Å². The van der Waals surface area contributed by atoms with E-state index in [1.54, 1.807) is 6.92 Å². The van der Waals surface area contributed by atoms with Crippen LogP contribution in [-0.4, -0.2) is 10.8 Å². The SMILES string of the molecule is CC(=O)C1CCC(c2cccc(-c3cc4ccccc4[nH]3)c2)CC1. The van der Waals surface area contributed by atoms with Gasteiger partial charge >= 0.3 is 0 Å². The Bertz CT molecular complexity index is 835. The van der Waals surface area contributed by atoms with Gasteiger partial charge in [-0.05, 0) is 67.9 Å². The Labute approximate surface area is 142 Å². The van der Waals surface area contributed by atoms with Crippen LogP contribution in [0.4, 0.5) is 0 Å². The molecule has 3 aromatic rings. The summed E-state index contributed by atoms with van der Waals surface area (Å²) < 4.78 is 0. The molecule has 0 bridgehead atoms. The van der Waals surface area contributed by atoms with Gasteiger partial charge in [0.05, 0.1) is 0 Å². The molecule has 1 fully saturated rings. The lowest BCUT2D eigenvalue weighted by molar-refractivity contribution is -0.121. The second kappa shape index (κ2) is 6.27. The number of Topliss-reactive ketones (excluding diaryl/α,β-unsaturated/α-hetero) is 1. The molecule has 1 N–H and O–H groups in total. The predicted octanol–water partition coefficient (Wildman–Crippen LogP) is 5.70. The first-order valence-electron chi connectivity index (χ1n) is 8.89. The summed E-state index contributed by atoms with van der Waals surface area (Å²) in [6.45, 7) is 1.74. The Kier molecular flexibility index (Phi) is 3.97. The molecule has 1 aromatic heterocycles. The van der Waals surface area contributed by atoms with Crippen molar-refractivity contribution in [2.24, 2.45) is 5.92 Å². The maximum atomic E-state index is 11.6. The number of ketones is 1. The van der Waals surface area contributed by atoms with E-state index in [1.165, 1.54) is 27.7 Å². The lowest BCUT2D eigenvalue weighted by atomic mass is 9.77. The van der Waals surface area contributed by atoms with Gasteiger partial charge in [-0.3, -0.25) is 4.79 Å². The van der Waals surface area contributed by atoms with E-state index in [1.807, 2.05) is 0 Å². The first kappa shape index (κ1) is 15.2. The summed E-state index contributed by atoms with van der Waals surface area (Å²) >= 11 is 0. The fourth-order valence-electron chi connectivity index (χ4n) is 4.02. The van der Waals surface area contributed by atoms with Crippen molar-refractivity contribution in [3.05, 3.63) is 60.2 Å². The van der Waals surface area contributed by atoms with Crippen LogP contribution < -0.4 is 0 Å². The Morgan fingerprint density at radius 2 is 1.75 bits per heavy atom. The lowest BCUT2D eigenvalue weighted by Gasteiger charge is -2.27. The van der Waals surface area contributed by atoms with Crippen LogP contribution in [0.3, 0.4) is 0 Å². The minimum absolute atomic E-state index is 0.290. The van der Waals surface area contributed by atoms with Crippen LogP contribution in [0.25, 0.3) is 22.2 Å². The Morgan fingerprint density at radius 1 is 0.958 bits per heavy atom. The topological polar surface area (TPSA) is 32.9 Å². The fraction of sp³-hybridized carbons (Fsp3) is 0.318. The third kappa shape index (κ3) is 2.89. The standard InChI is InChI=1S/C22H23NO/c1-15(24)16-9-11-17(12-10-16)18-6-4-7-19(13-18)22-14-20-5-2-3-8-21(20)23-22/h2-8,13-14,16-17,23H,9-12H2,1H3. The number of hydrogen-bond acceptors (Lipinski definition) is 1. The molecule has 2 heteroatoms. The summed E-state index contributed by atoms with van der Waals surface area (Å²) in [6, 6.07) is 19.5. The number of nitrogens with one attached hydrogen (secondary N) is 1. The number of aromatic amines is 1. The van der Waals surface area contributed by atoms with E-state index in [0.29, 0.717) is 11.7 Å². The van der Waals surface area contributed by atoms with Crippen LogP contribution in [0.2, 0.25) is 0 Å². The van der Waals surface area contributed by atoms with E-state index in [0.717, 1.165) is 25.7 Å². The van der Waals surface area contributed by atoms with E-state index in [2.05, 4.69) is 59.6 Å². The zero-order chi connectivity index (χ0) is 16.5. The molecule has 122 valence electrons. The third-order valence-corrected chi connectivity index (χ3v) is 5.50. The Balaban J connectivity index is 1.59. The molecule has 4 rings (SSSR count). The number of aromatic nitrogens is 1. The molecule has 0 saturated heterocycles. The molecule has 1 saturated carbocycles. The van der Waals surface area contributed by atoms with Gasteiger partial charge in [0, 0.05) is 22.5 Å². The van der Waals surface area contributed by atoms with Crippen LogP contribution in [0.15, 0.2) is 54.6 Å². The van der Waals surface area contributed by atoms with Gasteiger partial charge in [-0.1, -0.05) is 36.4 Å². The number of benzene rings is 2. The molecule has 0 spiro atoms. The van der Waals surface area contributed by atoms with Crippen LogP contribution in [0.5, 0.6) is 0 Å². The van der Waals surface area contributed by atoms with Crippen molar-refractivity contribution in [2.75, 3.05) is 0 Å². The summed E-state index contributed by atoms with van der Waals surface area (Å²) in [5.74, 6) is 1.24. The molecular formula is C22H23NO. The number of H-pyrrole nitrogens is 1. The van der Waals surface area contributed by atoms with E-state index >= 15 is 0 Å². The third-order valence-electron chi connectivity index (χ3n) is 5.50. The van der Waals surface area contributed by atoms with Crippen molar-refractivity contribution in [1.29, 1.82) is 0 Å². The second-order valence-corrected chi connectivity index (χ2v) is 7.05. The maximum absolute atomic E-state index is 11.6. The molecule has 2 aromatic carbocycles. The van der Waals surface area contributed by atoms with E-state index < -0.39 is 0 Å². The van der Waals surface area contributed by atoms with Crippen LogP contribution >= 0.6 is 0 Å². The highest BCUT2D eigenvalue weighted by Crippen LogP contribution is 2.37. The quantitative estimate of drug-likeness (QED) is 0.660. The van der Waals surface area contributed by atoms with Gasteiger partial charge in [-0.2, -0.15) is 0 Å². The molecule has 1 aliphatic rings. The summed E-state index contributed by atoms with van der Waals surface area (Å²) in [5, 5.41) is 1.25. The molecule has 24 heavy (non-hydrogen) atoms. The average molecular weight is 317 g/mol. The summed E-state index contributed by atoms with van der Waals surface area (Å²) in [4.78, 5) is 15.1. The van der Waals surface area contributed by atoms with Gasteiger partial charge in [0.1, 0.15) is 5.78 Å². The van der Waals surface area contributed by atoms with Crippen molar-refractivity contribution in [2.45, 2.75) is 38.5 Å². The smallest absolute Gasteiger partial charge is 0.132 e. The number of fused-ring (bicyclic) bond motifs is 1. The number of carbonyl (C=O) groups excluding carboxylic acids is 1. The second-order valence-electron chi connectivity index (χ2n) is 7.05. The molecule has 0 amide bonds. The molecule has 0 atom stereocenters. The first-order valence-corrected chi connectivity index (χ1v) is 8.89. The zero-order valence-corrected chi connectivity index (χ0v) is 14.1. The van der Waals surface area contributed by atoms with Gasteiger partial charge in [0.15, 0.2) is 0 Å². The Hall–Kier alpha value is -2.35. The lowest BCUT2D eigenvalue weighted by Crippen LogP contribution is -2.18. The van der Waals surface area contributed by atoms with Crippen molar-refractivity contribution < 1.29 is 4.79 Å². The number of carbonyl (C=O) groups is 1. The van der Waals surface area contributed by atoms with Crippen molar-refractivity contribution in [3.8, 4) is 11.3 Å². The van der Waals surface area contributed by atoms with Gasteiger partial charge in [-0.25, -0.2) is 0 Å². The highest BCUT2D eigenvalue weighted by molar-refractivity contribution is 5.85. The normalized spacial score (nSPS) is 21.0. The minimum Gasteiger partial charge on any atom is -0.355 e. The number of rotatable bonds is 3. The van der Waals surface area contributed by atoms with Crippen LogP contribution in [-0.2, 0) is 4.79 Å². The highest BCUT2D eigenvalue weighted by atomic mass is 16.1. The largest absolute Gasteiger partial charge is 0.355 e. The molecule has 0 radical (unpaired) electrons. The zero-order valence-electron chi connectivity index (χ0n) is 14.1. The number of hydrogen-bond donors (Lipinski definition) is 1. The summed E-state index contributed by atoms with van der Waals surface area (Å²) in [7, 11) is 0. The predicted molar refractivity (Wildman–Crippen MR) is 99.1 cm³/mol. The number of para-hydroxylation sites is 1. The Morgan fingerprint density at radius 3 is 2.50 bits per heavy atom. The molecule has 1 aliphatic carbocycles. The van der Waals surface area contributed by atoms with Crippen LogP contribution in [0, 0.1) is 5.92 Å². The first-order chi connectivity index (χ1) is 11.7. The van der Waals surface area contributed by atoms with Gasteiger partial charge < -0.3 is 4.98 Å². The van der Waals surface area contributed by atoms with Crippen molar-refractivity contribution >= 4 is 16.7 Å². The van der Waals surface area contributed by atoms with Gasteiger partial charge in [0.25, 0.3) is 0 Å². The molecule has 0 unspecified atom stereocenters. The van der Waals surface area contributed by atoms with Gasteiger partial charge in [-0.15, -0.1) is 0 Å². The summed E-state index contributed by atoms with van der Waals surface area (Å²) in [5.41, 5.74) is 5.01. The fourth-order valence-corrected chi connectivity index (χ4v) is 4.02. The minimum atomic E-state index is 0.290. The maximum Gasteiger partial charge on any atom is 0.132 e. The van der Waals surface area contributed by atoms with E-state index in [4.69, 9.17) is 0 Å². The van der Waals surface area contributed by atoms with Crippen molar-refractivity contribution in [1.82, 2.24) is 4.98 Å². The molecule has 0 aliphatic heterocycles. The van der Waals surface area contributed by atoms with Gasteiger partial charge in [0.2, 0.25) is 0 Å². The van der Waals surface area contributed by atoms with Crippen molar-refractivity contribution in [3.63, 3.8) is 0 Å². The molecular weight excluding hydrogens is 294 g/mol. The molecule has 2 nitrogen and oxygen atoms in total. The molecule has 1 heterocycles. The van der Waals surface area contributed by atoms with E-state index in [9.17, 15) is 4.79 Å². The highest BCUT2D eigenvalue weighted by Gasteiger charge is 2.25. The summed E-state index contributed by atoms with van der Waals surface area (Å²) in [6.07, 6.45) is 4.33. The average Bonchev–Trinajstić information content (AvgIpc) is 3.06. The van der Waals surface area contributed by atoms with E-state index in [-0.39, 0.29) is 5.92 Å². The monoisotopic (exact) mass is 317 g/mol.